The topological polar surface area (TPSA) is 27.7 Å². The summed E-state index contributed by atoms with van der Waals surface area (Å²) in [5.74, 6) is 1.57. The lowest BCUT2D eigenvalue weighted by Crippen LogP contribution is -1.96. The number of methoxy groups -OCH3 is 2. The van der Waals surface area contributed by atoms with Crippen molar-refractivity contribution in [3.63, 3.8) is 0 Å². The van der Waals surface area contributed by atoms with Crippen LogP contribution in [-0.2, 0) is 0 Å². The number of hydrogen-bond donors (Lipinski definition) is 0. The van der Waals surface area contributed by atoms with Crippen LogP contribution in [0.5, 0.6) is 17.2 Å². The summed E-state index contributed by atoms with van der Waals surface area (Å²) in [7, 11) is 3.06. The van der Waals surface area contributed by atoms with Gasteiger partial charge in [-0.2, -0.15) is 0 Å². The van der Waals surface area contributed by atoms with E-state index in [4.69, 9.17) is 14.2 Å². The average Bonchev–Trinajstić information content (AvgIpc) is 2.20. The van der Waals surface area contributed by atoms with Crippen molar-refractivity contribution in [3.8, 4) is 17.2 Å². The van der Waals surface area contributed by atoms with Crippen molar-refractivity contribution in [2.24, 2.45) is 0 Å². The minimum Gasteiger partial charge on any atom is -0.493 e. The predicted octanol–water partition coefficient (Wildman–Crippen LogP) is 2.61. The molecule has 0 amide bonds. The van der Waals surface area contributed by atoms with Crippen molar-refractivity contribution >= 4 is 22.6 Å². The molecule has 0 saturated carbocycles. The SMILES string of the molecule is COc1cc(I)c(OCF)cc1OC. The lowest BCUT2D eigenvalue weighted by atomic mass is 10.3. The quantitative estimate of drug-likeness (QED) is 0.800. The van der Waals surface area contributed by atoms with Crippen LogP contribution in [0.25, 0.3) is 0 Å². The molecule has 0 bridgehead atoms. The first kappa shape index (κ1) is 11.4. The van der Waals surface area contributed by atoms with Gasteiger partial charge in [0.25, 0.3) is 0 Å². The summed E-state index contributed by atoms with van der Waals surface area (Å²) in [5, 5.41) is 0. The molecule has 0 spiro atoms. The normalized spacial score (nSPS) is 9.71. The van der Waals surface area contributed by atoms with Crippen LogP contribution in [0.1, 0.15) is 0 Å². The van der Waals surface area contributed by atoms with Gasteiger partial charge in [-0.25, -0.2) is 4.39 Å². The monoisotopic (exact) mass is 312 g/mol. The van der Waals surface area contributed by atoms with Gasteiger partial charge in [0.1, 0.15) is 5.75 Å². The van der Waals surface area contributed by atoms with Crippen LogP contribution in [0.2, 0.25) is 0 Å². The molecular weight excluding hydrogens is 302 g/mol. The van der Waals surface area contributed by atoms with Gasteiger partial charge in [-0.1, -0.05) is 0 Å². The van der Waals surface area contributed by atoms with E-state index in [-0.39, 0.29) is 0 Å². The molecule has 0 aliphatic carbocycles. The number of benzene rings is 1. The highest BCUT2D eigenvalue weighted by Crippen LogP contribution is 2.35. The third kappa shape index (κ3) is 2.40. The van der Waals surface area contributed by atoms with Crippen LogP contribution in [0.3, 0.4) is 0 Å². The second-order valence-electron chi connectivity index (χ2n) is 2.39. The molecule has 0 N–H and O–H groups in total. The van der Waals surface area contributed by atoms with E-state index in [1.807, 2.05) is 22.6 Å². The fourth-order valence-corrected chi connectivity index (χ4v) is 1.60. The highest BCUT2D eigenvalue weighted by atomic mass is 127. The Morgan fingerprint density at radius 1 is 1.14 bits per heavy atom. The summed E-state index contributed by atoms with van der Waals surface area (Å²) in [5.41, 5.74) is 0. The first-order valence-corrected chi connectivity index (χ1v) is 4.91. The minimum absolute atomic E-state index is 0.450. The van der Waals surface area contributed by atoms with Crippen LogP contribution in [0.15, 0.2) is 12.1 Å². The standard InChI is InChI=1S/C9H10FIO3/c1-12-8-3-6(11)7(14-5-10)4-9(8)13-2/h3-4H,5H2,1-2H3. The largest absolute Gasteiger partial charge is 0.493 e. The maximum atomic E-state index is 12.0. The molecule has 0 unspecified atom stereocenters. The average molecular weight is 312 g/mol. The van der Waals surface area contributed by atoms with Gasteiger partial charge in [0.15, 0.2) is 11.5 Å². The van der Waals surface area contributed by atoms with Crippen molar-refractivity contribution in [2.45, 2.75) is 0 Å². The molecule has 0 fully saturated rings. The van der Waals surface area contributed by atoms with Gasteiger partial charge in [-0.3, -0.25) is 0 Å². The van der Waals surface area contributed by atoms with Gasteiger partial charge < -0.3 is 14.2 Å². The fraction of sp³-hybridized carbons (Fsp3) is 0.333. The van der Waals surface area contributed by atoms with Gasteiger partial charge in [0, 0.05) is 12.1 Å². The van der Waals surface area contributed by atoms with Crippen LogP contribution < -0.4 is 14.2 Å². The fourth-order valence-electron chi connectivity index (χ4n) is 1.00. The zero-order valence-electron chi connectivity index (χ0n) is 7.84. The van der Waals surface area contributed by atoms with E-state index in [2.05, 4.69) is 0 Å². The first-order chi connectivity index (χ1) is 6.72. The van der Waals surface area contributed by atoms with E-state index >= 15 is 0 Å². The third-order valence-electron chi connectivity index (χ3n) is 1.65. The summed E-state index contributed by atoms with van der Waals surface area (Å²) in [6.07, 6.45) is 0. The molecule has 14 heavy (non-hydrogen) atoms. The van der Waals surface area contributed by atoms with Gasteiger partial charge in [-0.15, -0.1) is 0 Å². The highest BCUT2D eigenvalue weighted by Gasteiger charge is 2.09. The highest BCUT2D eigenvalue weighted by molar-refractivity contribution is 14.1. The zero-order valence-corrected chi connectivity index (χ0v) is 10.00. The summed E-state index contributed by atoms with van der Waals surface area (Å²) < 4.78 is 27.6. The predicted molar refractivity (Wildman–Crippen MR) is 58.9 cm³/mol. The van der Waals surface area contributed by atoms with E-state index in [0.717, 1.165) is 3.57 Å². The maximum Gasteiger partial charge on any atom is 0.228 e. The van der Waals surface area contributed by atoms with E-state index < -0.39 is 6.86 Å². The molecule has 5 heteroatoms. The van der Waals surface area contributed by atoms with Crippen LogP contribution in [0.4, 0.5) is 4.39 Å². The molecule has 0 heterocycles. The van der Waals surface area contributed by atoms with E-state index in [0.29, 0.717) is 17.2 Å². The van der Waals surface area contributed by atoms with Gasteiger partial charge in [0.05, 0.1) is 17.8 Å². The molecule has 3 nitrogen and oxygen atoms in total. The molecule has 0 aliphatic rings. The second-order valence-corrected chi connectivity index (χ2v) is 3.55. The summed E-state index contributed by atoms with van der Waals surface area (Å²) in [6.45, 7) is -0.856. The van der Waals surface area contributed by atoms with E-state index in [1.165, 1.54) is 7.11 Å². The van der Waals surface area contributed by atoms with Crippen molar-refractivity contribution in [3.05, 3.63) is 15.7 Å². The van der Waals surface area contributed by atoms with Crippen LogP contribution in [-0.4, -0.2) is 21.1 Å². The number of hydrogen-bond acceptors (Lipinski definition) is 3. The molecule has 0 atom stereocenters. The Hall–Kier alpha value is -0.720. The summed E-state index contributed by atoms with van der Waals surface area (Å²) >= 11 is 2.04. The molecule has 78 valence electrons. The smallest absolute Gasteiger partial charge is 0.228 e. The summed E-state index contributed by atoms with van der Waals surface area (Å²) in [6, 6.07) is 3.32. The second kappa shape index (κ2) is 5.23. The van der Waals surface area contributed by atoms with Gasteiger partial charge in [-0.05, 0) is 22.6 Å². The molecule has 0 aliphatic heterocycles. The molecule has 1 aromatic carbocycles. The Morgan fingerprint density at radius 2 is 1.71 bits per heavy atom. The van der Waals surface area contributed by atoms with E-state index in [9.17, 15) is 4.39 Å². The lowest BCUT2D eigenvalue weighted by Gasteiger charge is -2.11. The number of ether oxygens (including phenoxy) is 3. The van der Waals surface area contributed by atoms with E-state index in [1.54, 1.807) is 19.2 Å². The molecule has 0 saturated heterocycles. The Balaban J connectivity index is 3.09. The molecule has 0 aromatic heterocycles. The van der Waals surface area contributed by atoms with Crippen molar-refractivity contribution in [1.29, 1.82) is 0 Å². The third-order valence-corrected chi connectivity index (χ3v) is 2.49. The van der Waals surface area contributed by atoms with Gasteiger partial charge >= 0.3 is 0 Å². The van der Waals surface area contributed by atoms with Crippen molar-refractivity contribution in [2.75, 3.05) is 21.1 Å². The van der Waals surface area contributed by atoms with Crippen LogP contribution in [0, 0.1) is 3.57 Å². The van der Waals surface area contributed by atoms with Crippen molar-refractivity contribution in [1.82, 2.24) is 0 Å². The molecule has 0 radical (unpaired) electrons. The van der Waals surface area contributed by atoms with Gasteiger partial charge in [0.2, 0.25) is 6.86 Å². The number of alkyl halides is 1. The maximum absolute atomic E-state index is 12.0. The Kier molecular flexibility index (Phi) is 4.24. The Morgan fingerprint density at radius 3 is 2.21 bits per heavy atom. The van der Waals surface area contributed by atoms with Crippen LogP contribution >= 0.6 is 22.6 Å². The minimum atomic E-state index is -0.856. The first-order valence-electron chi connectivity index (χ1n) is 3.83. The molecule has 1 aromatic rings. The zero-order chi connectivity index (χ0) is 10.6. The number of rotatable bonds is 4. The summed E-state index contributed by atoms with van der Waals surface area (Å²) in [4.78, 5) is 0. The molecule has 1 rings (SSSR count). The Labute approximate surface area is 95.3 Å². The Bertz CT molecular complexity index is 317. The van der Waals surface area contributed by atoms with Crippen molar-refractivity contribution < 1.29 is 18.6 Å². The molecular formula is C9H10FIO3. The number of halogens is 2. The lowest BCUT2D eigenvalue weighted by molar-refractivity contribution is 0.189.